The molecule has 0 spiro atoms. The number of rotatable bonds is 4. The van der Waals surface area contributed by atoms with E-state index < -0.39 is 5.60 Å². The van der Waals surface area contributed by atoms with Crippen molar-refractivity contribution in [1.29, 1.82) is 0 Å². The quantitative estimate of drug-likeness (QED) is 0.923. The third-order valence-electron chi connectivity index (χ3n) is 5.01. The van der Waals surface area contributed by atoms with Gasteiger partial charge in [-0.1, -0.05) is 6.07 Å². The van der Waals surface area contributed by atoms with Crippen molar-refractivity contribution in [2.24, 2.45) is 7.05 Å². The standard InChI is InChI=1S/C19H25N3O3/c1-14-4-5-16(12-15(14)2)25-13-19(24)7-10-22(11-8-19)18(23)17-6-9-20-21(17)3/h4-6,9,12,24H,7-8,10-11,13H2,1-3H3. The summed E-state index contributed by atoms with van der Waals surface area (Å²) in [6.07, 6.45) is 2.62. The fraction of sp³-hybridized carbons (Fsp3) is 0.474. The first-order valence-corrected chi connectivity index (χ1v) is 8.58. The van der Waals surface area contributed by atoms with Crippen LogP contribution in [0, 0.1) is 13.8 Å². The fourth-order valence-electron chi connectivity index (χ4n) is 3.04. The Kier molecular flexibility index (Phi) is 4.81. The number of amides is 1. The summed E-state index contributed by atoms with van der Waals surface area (Å²) >= 11 is 0. The molecule has 0 bridgehead atoms. The maximum absolute atomic E-state index is 12.5. The summed E-state index contributed by atoms with van der Waals surface area (Å²) in [5.74, 6) is 0.724. The normalized spacial score (nSPS) is 16.7. The van der Waals surface area contributed by atoms with Crippen LogP contribution < -0.4 is 4.74 Å². The van der Waals surface area contributed by atoms with Gasteiger partial charge in [0.2, 0.25) is 0 Å². The second-order valence-electron chi connectivity index (χ2n) is 6.89. The molecule has 2 heterocycles. The lowest BCUT2D eigenvalue weighted by Crippen LogP contribution is -2.49. The molecule has 6 nitrogen and oxygen atoms in total. The Hall–Kier alpha value is -2.34. The number of hydrogen-bond acceptors (Lipinski definition) is 4. The highest BCUT2D eigenvalue weighted by atomic mass is 16.5. The van der Waals surface area contributed by atoms with Crippen LogP contribution in [0.5, 0.6) is 5.75 Å². The third kappa shape index (κ3) is 3.85. The smallest absolute Gasteiger partial charge is 0.272 e. The summed E-state index contributed by atoms with van der Waals surface area (Å²) < 4.78 is 7.38. The van der Waals surface area contributed by atoms with Gasteiger partial charge in [-0.05, 0) is 56.0 Å². The van der Waals surface area contributed by atoms with Gasteiger partial charge in [0.1, 0.15) is 23.7 Å². The van der Waals surface area contributed by atoms with Crippen LogP contribution in [0.1, 0.15) is 34.5 Å². The molecule has 134 valence electrons. The third-order valence-corrected chi connectivity index (χ3v) is 5.01. The molecule has 3 rings (SSSR count). The van der Waals surface area contributed by atoms with E-state index in [2.05, 4.69) is 12.0 Å². The van der Waals surface area contributed by atoms with Crippen LogP contribution in [0.2, 0.25) is 0 Å². The summed E-state index contributed by atoms with van der Waals surface area (Å²) in [5.41, 5.74) is 2.05. The molecule has 1 aliphatic rings. The summed E-state index contributed by atoms with van der Waals surface area (Å²) in [6, 6.07) is 7.64. The molecule has 0 atom stereocenters. The molecule has 0 radical (unpaired) electrons. The number of aryl methyl sites for hydroxylation is 3. The van der Waals surface area contributed by atoms with Gasteiger partial charge in [-0.3, -0.25) is 9.48 Å². The highest BCUT2D eigenvalue weighted by molar-refractivity contribution is 5.92. The summed E-state index contributed by atoms with van der Waals surface area (Å²) in [5, 5.41) is 14.8. The lowest BCUT2D eigenvalue weighted by molar-refractivity contribution is -0.0476. The SMILES string of the molecule is Cc1ccc(OCC2(O)CCN(C(=O)c3ccnn3C)CC2)cc1C. The molecule has 1 N–H and O–H groups in total. The Balaban J connectivity index is 1.56. The van der Waals surface area contributed by atoms with E-state index in [4.69, 9.17) is 4.74 Å². The number of carbonyl (C=O) groups is 1. The molecule has 0 aliphatic carbocycles. The van der Waals surface area contributed by atoms with E-state index in [1.807, 2.05) is 25.1 Å². The predicted molar refractivity (Wildman–Crippen MR) is 94.7 cm³/mol. The molecule has 2 aromatic rings. The molecule has 0 saturated carbocycles. The van der Waals surface area contributed by atoms with Crippen molar-refractivity contribution in [2.45, 2.75) is 32.3 Å². The molecule has 6 heteroatoms. The maximum Gasteiger partial charge on any atom is 0.272 e. The van der Waals surface area contributed by atoms with Crippen molar-refractivity contribution in [3.8, 4) is 5.75 Å². The van der Waals surface area contributed by atoms with Crippen molar-refractivity contribution >= 4 is 5.91 Å². The zero-order valence-electron chi connectivity index (χ0n) is 15.0. The molecule has 1 aromatic carbocycles. The van der Waals surface area contributed by atoms with Gasteiger partial charge in [0, 0.05) is 26.3 Å². The molecule has 1 fully saturated rings. The number of benzene rings is 1. The van der Waals surface area contributed by atoms with Crippen molar-refractivity contribution < 1.29 is 14.6 Å². The molecular formula is C19H25N3O3. The number of nitrogens with zero attached hydrogens (tertiary/aromatic N) is 3. The molecule has 1 amide bonds. The second kappa shape index (κ2) is 6.88. The Morgan fingerprint density at radius 2 is 1.96 bits per heavy atom. The second-order valence-corrected chi connectivity index (χ2v) is 6.89. The topological polar surface area (TPSA) is 67.6 Å². The van der Waals surface area contributed by atoms with E-state index in [-0.39, 0.29) is 12.5 Å². The van der Waals surface area contributed by atoms with Crippen LogP contribution in [-0.4, -0.2) is 51.0 Å². The van der Waals surface area contributed by atoms with Gasteiger partial charge in [0.25, 0.3) is 5.91 Å². The summed E-state index contributed by atoms with van der Waals surface area (Å²) in [4.78, 5) is 14.3. The lowest BCUT2D eigenvalue weighted by Gasteiger charge is -2.37. The molecule has 25 heavy (non-hydrogen) atoms. The molecule has 1 aromatic heterocycles. The first kappa shape index (κ1) is 17.5. The van der Waals surface area contributed by atoms with Gasteiger partial charge in [-0.15, -0.1) is 0 Å². The Morgan fingerprint density at radius 1 is 1.24 bits per heavy atom. The minimum absolute atomic E-state index is 0.0443. The van der Waals surface area contributed by atoms with Gasteiger partial charge < -0.3 is 14.7 Å². The van der Waals surface area contributed by atoms with E-state index in [1.54, 1.807) is 28.9 Å². The molecule has 1 saturated heterocycles. The van der Waals surface area contributed by atoms with E-state index >= 15 is 0 Å². The average molecular weight is 343 g/mol. The van der Waals surface area contributed by atoms with Gasteiger partial charge in [-0.25, -0.2) is 0 Å². The molecular weight excluding hydrogens is 318 g/mol. The fourth-order valence-corrected chi connectivity index (χ4v) is 3.04. The van der Waals surface area contributed by atoms with E-state index in [0.717, 1.165) is 5.75 Å². The number of aromatic nitrogens is 2. The van der Waals surface area contributed by atoms with Crippen molar-refractivity contribution in [1.82, 2.24) is 14.7 Å². The number of likely N-dealkylation sites (tertiary alicyclic amines) is 1. The van der Waals surface area contributed by atoms with E-state index in [9.17, 15) is 9.90 Å². The summed E-state index contributed by atoms with van der Waals surface area (Å²) in [7, 11) is 1.75. The number of hydrogen-bond donors (Lipinski definition) is 1. The van der Waals surface area contributed by atoms with E-state index in [1.165, 1.54) is 11.1 Å². The monoisotopic (exact) mass is 343 g/mol. The highest BCUT2D eigenvalue weighted by Gasteiger charge is 2.35. The van der Waals surface area contributed by atoms with Crippen LogP contribution in [0.25, 0.3) is 0 Å². The van der Waals surface area contributed by atoms with Gasteiger partial charge in [0.05, 0.1) is 0 Å². The van der Waals surface area contributed by atoms with Crippen LogP contribution in [0.3, 0.4) is 0 Å². The maximum atomic E-state index is 12.5. The van der Waals surface area contributed by atoms with Gasteiger partial charge in [0.15, 0.2) is 0 Å². The Labute approximate surface area is 148 Å². The van der Waals surface area contributed by atoms with Gasteiger partial charge >= 0.3 is 0 Å². The number of aliphatic hydroxyl groups is 1. The van der Waals surface area contributed by atoms with Crippen LogP contribution in [0.15, 0.2) is 30.5 Å². The zero-order chi connectivity index (χ0) is 18.0. The highest BCUT2D eigenvalue weighted by Crippen LogP contribution is 2.25. The Morgan fingerprint density at radius 3 is 2.56 bits per heavy atom. The minimum atomic E-state index is -0.901. The Bertz CT molecular complexity index is 761. The van der Waals surface area contributed by atoms with E-state index in [0.29, 0.717) is 31.6 Å². The first-order valence-electron chi connectivity index (χ1n) is 8.58. The first-order chi connectivity index (χ1) is 11.9. The number of piperidine rings is 1. The van der Waals surface area contributed by atoms with Crippen LogP contribution in [0.4, 0.5) is 0 Å². The van der Waals surface area contributed by atoms with Crippen LogP contribution in [-0.2, 0) is 7.05 Å². The largest absolute Gasteiger partial charge is 0.491 e. The molecule has 0 unspecified atom stereocenters. The number of carbonyl (C=O) groups excluding carboxylic acids is 1. The van der Waals surface area contributed by atoms with Crippen LogP contribution >= 0.6 is 0 Å². The van der Waals surface area contributed by atoms with Gasteiger partial charge in [-0.2, -0.15) is 5.10 Å². The molecule has 1 aliphatic heterocycles. The number of ether oxygens (including phenoxy) is 1. The average Bonchev–Trinajstić information content (AvgIpc) is 3.02. The lowest BCUT2D eigenvalue weighted by atomic mass is 9.92. The zero-order valence-corrected chi connectivity index (χ0v) is 15.0. The van der Waals surface area contributed by atoms with Crippen molar-refractivity contribution in [3.63, 3.8) is 0 Å². The summed E-state index contributed by atoms with van der Waals surface area (Å²) in [6.45, 7) is 5.36. The minimum Gasteiger partial charge on any atom is -0.491 e. The predicted octanol–water partition coefficient (Wildman–Crippen LogP) is 2.08. The van der Waals surface area contributed by atoms with Crippen molar-refractivity contribution in [2.75, 3.05) is 19.7 Å². The van der Waals surface area contributed by atoms with Crippen molar-refractivity contribution in [3.05, 3.63) is 47.3 Å².